The summed E-state index contributed by atoms with van der Waals surface area (Å²) < 4.78 is 11.8. The van der Waals surface area contributed by atoms with Crippen LogP contribution in [0.15, 0.2) is 18.2 Å². The second kappa shape index (κ2) is 9.05. The molecule has 0 aliphatic rings. The molecule has 1 rings (SSSR count). The van der Waals surface area contributed by atoms with Crippen LogP contribution in [0.2, 0.25) is 5.02 Å². The maximum absolute atomic E-state index is 11.8. The van der Waals surface area contributed by atoms with E-state index >= 15 is 0 Å². The highest BCUT2D eigenvalue weighted by molar-refractivity contribution is 7.84. The first-order valence-electron chi connectivity index (χ1n) is 7.12. The Morgan fingerprint density at radius 1 is 1.48 bits per heavy atom. The summed E-state index contributed by atoms with van der Waals surface area (Å²) in [6.07, 6.45) is 1.97. The third kappa shape index (κ3) is 6.96. The van der Waals surface area contributed by atoms with E-state index in [1.54, 1.807) is 18.2 Å². The van der Waals surface area contributed by atoms with Gasteiger partial charge in [0.2, 0.25) is 5.91 Å². The maximum atomic E-state index is 11.8. The van der Waals surface area contributed by atoms with Crippen LogP contribution in [-0.4, -0.2) is 21.6 Å². The molecule has 2 unspecified atom stereocenters. The Morgan fingerprint density at radius 3 is 2.86 bits per heavy atom. The summed E-state index contributed by atoms with van der Waals surface area (Å²) >= 11 is 5.86. The largest absolute Gasteiger partial charge is 0.397 e. The molecular formula is C15H23ClN2O2S. The maximum Gasteiger partial charge on any atom is 0.224 e. The molecule has 0 saturated heterocycles. The predicted octanol–water partition coefficient (Wildman–Crippen LogP) is 3.44. The molecule has 0 aromatic heterocycles. The van der Waals surface area contributed by atoms with Gasteiger partial charge >= 0.3 is 0 Å². The summed E-state index contributed by atoms with van der Waals surface area (Å²) in [7, 11) is -0.847. The molecule has 1 aromatic carbocycles. The molecule has 0 saturated carbocycles. The number of nitrogen functional groups attached to an aromatic ring is 1. The van der Waals surface area contributed by atoms with E-state index in [2.05, 4.69) is 19.2 Å². The van der Waals surface area contributed by atoms with Crippen LogP contribution in [0.1, 0.15) is 33.1 Å². The third-order valence-electron chi connectivity index (χ3n) is 3.23. The van der Waals surface area contributed by atoms with Crippen LogP contribution in [0.3, 0.4) is 0 Å². The first-order chi connectivity index (χ1) is 9.92. The normalized spacial score (nSPS) is 13.7. The molecule has 118 valence electrons. The van der Waals surface area contributed by atoms with Crippen LogP contribution in [0.4, 0.5) is 11.4 Å². The summed E-state index contributed by atoms with van der Waals surface area (Å²) in [4.78, 5) is 11.8. The van der Waals surface area contributed by atoms with Crippen molar-refractivity contribution in [2.75, 3.05) is 22.6 Å². The Balaban J connectivity index is 2.34. The highest BCUT2D eigenvalue weighted by Crippen LogP contribution is 2.23. The molecule has 0 aliphatic carbocycles. The Hall–Kier alpha value is -1.07. The molecule has 0 aliphatic heterocycles. The van der Waals surface area contributed by atoms with E-state index in [1.807, 2.05) is 0 Å². The lowest BCUT2D eigenvalue weighted by Gasteiger charge is -2.09. The standard InChI is InChI=1S/C15H23ClN2O2S/c1-3-11(2)10-21(20)8-4-5-15(19)18-14-9-12(16)6-7-13(14)17/h6-7,9,11H,3-5,8,10,17H2,1-2H3,(H,18,19). The van der Waals surface area contributed by atoms with Crippen LogP contribution in [-0.2, 0) is 15.6 Å². The summed E-state index contributed by atoms with van der Waals surface area (Å²) in [5, 5.41) is 3.25. The van der Waals surface area contributed by atoms with Gasteiger partial charge in [0.25, 0.3) is 0 Å². The van der Waals surface area contributed by atoms with Gasteiger partial charge in [-0.15, -0.1) is 0 Å². The number of nitrogens with one attached hydrogen (secondary N) is 1. The number of anilines is 2. The second-order valence-corrected chi connectivity index (χ2v) is 7.27. The van der Waals surface area contributed by atoms with E-state index in [1.165, 1.54) is 0 Å². The molecule has 1 aromatic rings. The average Bonchev–Trinajstić information content (AvgIpc) is 2.42. The molecule has 0 bridgehead atoms. The second-order valence-electron chi connectivity index (χ2n) is 5.21. The van der Waals surface area contributed by atoms with Crippen molar-refractivity contribution in [3.63, 3.8) is 0 Å². The van der Waals surface area contributed by atoms with Gasteiger partial charge in [0.05, 0.1) is 11.4 Å². The van der Waals surface area contributed by atoms with Gasteiger partial charge in [0.15, 0.2) is 0 Å². The highest BCUT2D eigenvalue weighted by atomic mass is 35.5. The molecule has 0 radical (unpaired) electrons. The molecule has 21 heavy (non-hydrogen) atoms. The van der Waals surface area contributed by atoms with Crippen molar-refractivity contribution in [3.8, 4) is 0 Å². The van der Waals surface area contributed by atoms with Crippen LogP contribution in [0.25, 0.3) is 0 Å². The molecule has 0 fully saturated rings. The summed E-state index contributed by atoms with van der Waals surface area (Å²) in [6.45, 7) is 4.18. The minimum Gasteiger partial charge on any atom is -0.397 e. The minimum atomic E-state index is -0.847. The van der Waals surface area contributed by atoms with Crippen molar-refractivity contribution in [2.24, 2.45) is 5.92 Å². The lowest BCUT2D eigenvalue weighted by atomic mass is 10.2. The fourth-order valence-corrected chi connectivity index (χ4v) is 3.44. The Labute approximate surface area is 133 Å². The molecule has 2 atom stereocenters. The average molecular weight is 331 g/mol. The predicted molar refractivity (Wildman–Crippen MR) is 91.1 cm³/mol. The summed E-state index contributed by atoms with van der Waals surface area (Å²) in [6, 6.07) is 4.94. The zero-order valence-corrected chi connectivity index (χ0v) is 14.1. The van der Waals surface area contributed by atoms with Crippen LogP contribution in [0.5, 0.6) is 0 Å². The van der Waals surface area contributed by atoms with Gasteiger partial charge < -0.3 is 11.1 Å². The number of nitrogens with two attached hydrogens (primary N) is 1. The van der Waals surface area contributed by atoms with Gasteiger partial charge in [-0.25, -0.2) is 0 Å². The fraction of sp³-hybridized carbons (Fsp3) is 0.533. The smallest absolute Gasteiger partial charge is 0.224 e. The first-order valence-corrected chi connectivity index (χ1v) is 8.98. The molecule has 0 spiro atoms. The zero-order valence-electron chi connectivity index (χ0n) is 12.5. The molecule has 1 amide bonds. The van der Waals surface area contributed by atoms with Gasteiger partial charge in [-0.1, -0.05) is 31.9 Å². The minimum absolute atomic E-state index is 0.135. The zero-order chi connectivity index (χ0) is 15.8. The van der Waals surface area contributed by atoms with Gasteiger partial charge in [0, 0.05) is 33.7 Å². The van der Waals surface area contributed by atoms with Crippen molar-refractivity contribution in [1.82, 2.24) is 0 Å². The first kappa shape index (κ1) is 18.0. The van der Waals surface area contributed by atoms with Crippen molar-refractivity contribution >= 4 is 39.7 Å². The SMILES string of the molecule is CCC(C)CS(=O)CCCC(=O)Nc1cc(Cl)ccc1N. The van der Waals surface area contributed by atoms with E-state index in [0.29, 0.717) is 46.7 Å². The number of hydrogen-bond donors (Lipinski definition) is 2. The number of rotatable bonds is 8. The lowest BCUT2D eigenvalue weighted by Crippen LogP contribution is -2.15. The molecule has 6 heteroatoms. The third-order valence-corrected chi connectivity index (χ3v) is 5.15. The molecule has 0 heterocycles. The van der Waals surface area contributed by atoms with Gasteiger partial charge in [-0.05, 0) is 30.5 Å². The van der Waals surface area contributed by atoms with E-state index in [0.717, 1.165) is 6.42 Å². The van der Waals surface area contributed by atoms with Gasteiger partial charge in [-0.3, -0.25) is 9.00 Å². The summed E-state index contributed by atoms with van der Waals surface area (Å²) in [5.74, 6) is 1.60. The van der Waals surface area contributed by atoms with E-state index in [-0.39, 0.29) is 5.91 Å². The number of carbonyl (C=O) groups excluding carboxylic acids is 1. The van der Waals surface area contributed by atoms with Gasteiger partial charge in [0.1, 0.15) is 0 Å². The molecule has 3 N–H and O–H groups in total. The van der Waals surface area contributed by atoms with E-state index in [9.17, 15) is 9.00 Å². The van der Waals surface area contributed by atoms with Crippen LogP contribution in [0, 0.1) is 5.92 Å². The number of benzene rings is 1. The Morgan fingerprint density at radius 2 is 2.19 bits per heavy atom. The van der Waals surface area contributed by atoms with Crippen molar-refractivity contribution in [2.45, 2.75) is 33.1 Å². The summed E-state index contributed by atoms with van der Waals surface area (Å²) in [5.41, 5.74) is 6.76. The fourth-order valence-electron chi connectivity index (χ4n) is 1.76. The van der Waals surface area contributed by atoms with Crippen molar-refractivity contribution in [3.05, 3.63) is 23.2 Å². The molecule has 4 nitrogen and oxygen atoms in total. The number of halogens is 1. The topological polar surface area (TPSA) is 72.2 Å². The van der Waals surface area contributed by atoms with Gasteiger partial charge in [-0.2, -0.15) is 0 Å². The Bertz CT molecular complexity index is 508. The number of hydrogen-bond acceptors (Lipinski definition) is 3. The monoisotopic (exact) mass is 330 g/mol. The van der Waals surface area contributed by atoms with Crippen LogP contribution >= 0.6 is 11.6 Å². The quantitative estimate of drug-likeness (QED) is 0.717. The molecular weight excluding hydrogens is 308 g/mol. The van der Waals surface area contributed by atoms with E-state index < -0.39 is 10.8 Å². The number of amides is 1. The van der Waals surface area contributed by atoms with E-state index in [4.69, 9.17) is 17.3 Å². The Kier molecular flexibility index (Phi) is 7.75. The number of carbonyl (C=O) groups is 1. The highest BCUT2D eigenvalue weighted by Gasteiger charge is 2.09. The van der Waals surface area contributed by atoms with Crippen molar-refractivity contribution < 1.29 is 9.00 Å². The lowest BCUT2D eigenvalue weighted by molar-refractivity contribution is -0.116. The van der Waals surface area contributed by atoms with Crippen LogP contribution < -0.4 is 11.1 Å². The van der Waals surface area contributed by atoms with Crippen molar-refractivity contribution in [1.29, 1.82) is 0 Å².